The summed E-state index contributed by atoms with van der Waals surface area (Å²) in [5.41, 5.74) is 0.910. The molecule has 0 aliphatic rings. The summed E-state index contributed by atoms with van der Waals surface area (Å²) in [6.07, 6.45) is 0. The first-order chi connectivity index (χ1) is 2.94. The van der Waals surface area contributed by atoms with E-state index < -0.39 is 0 Å². The van der Waals surface area contributed by atoms with Gasteiger partial charge in [-0.3, -0.25) is 0 Å². The second-order valence-electron chi connectivity index (χ2n) is 2.08. The lowest BCUT2D eigenvalue weighted by Gasteiger charge is -2.08. The van der Waals surface area contributed by atoms with Crippen LogP contribution in [0.4, 0.5) is 0 Å². The Morgan fingerprint density at radius 3 is 1.86 bits per heavy atom. The van der Waals surface area contributed by atoms with E-state index in [4.69, 9.17) is 0 Å². The highest BCUT2D eigenvalue weighted by molar-refractivity contribution is 9.10. The second-order valence-corrected chi connectivity index (χ2v) is 4.06. The summed E-state index contributed by atoms with van der Waals surface area (Å²) in [6, 6.07) is 0. The van der Waals surface area contributed by atoms with Crippen LogP contribution in [-0.4, -0.2) is 4.32 Å². The van der Waals surface area contributed by atoms with Crippen LogP contribution in [0.5, 0.6) is 0 Å². The molecular weight excluding hydrogens is 152 g/mol. The van der Waals surface area contributed by atoms with E-state index >= 15 is 0 Å². The fourth-order valence-corrected chi connectivity index (χ4v) is 0. The van der Waals surface area contributed by atoms with Gasteiger partial charge in [0.05, 0.1) is 4.32 Å². The third kappa shape index (κ3) is 2.75. The average molecular weight is 162 g/mol. The maximum atomic E-state index is 3.67. The van der Waals surface area contributed by atoms with Crippen LogP contribution >= 0.6 is 15.9 Å². The van der Waals surface area contributed by atoms with Gasteiger partial charge in [0.25, 0.3) is 0 Å². The highest BCUT2D eigenvalue weighted by Gasteiger charge is 2.17. The molecule has 0 aromatic heterocycles. The van der Waals surface area contributed by atoms with Crippen molar-refractivity contribution in [3.05, 3.63) is 19.1 Å². The summed E-state index contributed by atoms with van der Waals surface area (Å²) in [4.78, 5) is 0. The molecule has 1 heteroatoms. The molecule has 7 heavy (non-hydrogen) atoms. The van der Waals surface area contributed by atoms with E-state index in [-0.39, 0.29) is 4.32 Å². The smallest absolute Gasteiger partial charge is 0.0766 e. The van der Waals surface area contributed by atoms with Gasteiger partial charge in [-0.1, -0.05) is 15.9 Å². The molecule has 0 bridgehead atoms. The zero-order valence-electron chi connectivity index (χ0n) is 4.79. The Morgan fingerprint density at radius 2 is 1.86 bits per heavy atom. The van der Waals surface area contributed by atoms with Crippen molar-refractivity contribution < 1.29 is 0 Å². The lowest BCUT2D eigenvalue weighted by Crippen LogP contribution is -2.08. The normalized spacial score (nSPS) is 11.3. The lowest BCUT2D eigenvalue weighted by molar-refractivity contribution is 0.881. The molecule has 0 aromatic carbocycles. The summed E-state index contributed by atoms with van der Waals surface area (Å²) in [5, 5.41) is 0. The molecule has 0 amide bonds. The molecule has 0 aliphatic heterocycles. The largest absolute Gasteiger partial charge is 0.112 e. The van der Waals surface area contributed by atoms with Gasteiger partial charge in [0.15, 0.2) is 0 Å². The Kier molecular flexibility index (Phi) is 1.93. The van der Waals surface area contributed by atoms with E-state index in [2.05, 4.69) is 29.4 Å². The van der Waals surface area contributed by atoms with E-state index in [0.29, 0.717) is 0 Å². The minimum atomic E-state index is 0.00694. The second kappa shape index (κ2) is 1.91. The standard InChI is InChI=1S/C6H10Br/c1-5(2)6(3,4)7/h1-2H2,3-4H3/q+1. The number of allylic oxidation sites excluding steroid dienone is 1. The molecule has 0 fully saturated rings. The first-order valence-electron chi connectivity index (χ1n) is 2.15. The van der Waals surface area contributed by atoms with Gasteiger partial charge in [0, 0.05) is 13.5 Å². The maximum absolute atomic E-state index is 3.67. The third-order valence-electron chi connectivity index (χ3n) is 0.841. The van der Waals surface area contributed by atoms with Crippen LogP contribution in [0.2, 0.25) is 0 Å². The molecule has 0 aliphatic carbocycles. The zero-order valence-corrected chi connectivity index (χ0v) is 6.38. The fraction of sp³-hybridized carbons (Fsp3) is 0.500. The van der Waals surface area contributed by atoms with Gasteiger partial charge in [-0.15, -0.1) is 0 Å². The van der Waals surface area contributed by atoms with Crippen LogP contribution in [-0.2, 0) is 0 Å². The van der Waals surface area contributed by atoms with Crippen LogP contribution < -0.4 is 0 Å². The van der Waals surface area contributed by atoms with E-state index in [1.807, 2.05) is 13.8 Å². The molecule has 0 nitrogen and oxygen atoms in total. The maximum Gasteiger partial charge on any atom is 0.112 e. The van der Waals surface area contributed by atoms with Crippen LogP contribution in [0.3, 0.4) is 0 Å². The molecule has 0 heterocycles. The van der Waals surface area contributed by atoms with Crippen LogP contribution in [0, 0.1) is 6.92 Å². The van der Waals surface area contributed by atoms with E-state index in [0.717, 1.165) is 5.57 Å². The van der Waals surface area contributed by atoms with Crippen molar-refractivity contribution in [3.8, 4) is 0 Å². The molecule has 0 saturated carbocycles. The average Bonchev–Trinajstić information content (AvgIpc) is 1.31. The van der Waals surface area contributed by atoms with Gasteiger partial charge in [0.2, 0.25) is 0 Å². The minimum Gasteiger partial charge on any atom is -0.0766 e. The SMILES string of the molecule is C=C([CH2+])C(C)(C)Br. The molecule has 0 spiro atoms. The monoisotopic (exact) mass is 161 g/mol. The number of alkyl halides is 1. The molecule has 0 aromatic rings. The molecule has 0 N–H and O–H groups in total. The zero-order chi connectivity index (χ0) is 6.08. The van der Waals surface area contributed by atoms with E-state index in [1.165, 1.54) is 0 Å². The topological polar surface area (TPSA) is 0 Å². The Labute approximate surface area is 53.7 Å². The fourth-order valence-electron chi connectivity index (χ4n) is 0. The van der Waals surface area contributed by atoms with Crippen molar-refractivity contribution in [2.24, 2.45) is 0 Å². The Bertz CT molecular complexity index is 76.7. The highest BCUT2D eigenvalue weighted by atomic mass is 79.9. The van der Waals surface area contributed by atoms with Crippen molar-refractivity contribution >= 4 is 15.9 Å². The molecule has 0 radical (unpaired) electrons. The highest BCUT2D eigenvalue weighted by Crippen LogP contribution is 2.22. The summed E-state index contributed by atoms with van der Waals surface area (Å²) in [5.74, 6) is 0. The van der Waals surface area contributed by atoms with Gasteiger partial charge < -0.3 is 0 Å². The van der Waals surface area contributed by atoms with Crippen molar-refractivity contribution in [2.75, 3.05) is 0 Å². The molecule has 0 saturated heterocycles. The van der Waals surface area contributed by atoms with Crippen molar-refractivity contribution in [1.29, 1.82) is 0 Å². The third-order valence-corrected chi connectivity index (χ3v) is 1.40. The lowest BCUT2D eigenvalue weighted by atomic mass is 10.1. The van der Waals surface area contributed by atoms with Crippen LogP contribution in [0.25, 0.3) is 0 Å². The first kappa shape index (κ1) is 7.09. The molecule has 0 atom stereocenters. The summed E-state index contributed by atoms with van der Waals surface area (Å²) in [7, 11) is 0. The molecule has 0 unspecified atom stereocenters. The molecule has 0 rings (SSSR count). The number of halogens is 1. The predicted molar refractivity (Wildman–Crippen MR) is 37.5 cm³/mol. The van der Waals surface area contributed by atoms with Gasteiger partial charge >= 0.3 is 0 Å². The number of hydrogen-bond donors (Lipinski definition) is 0. The van der Waals surface area contributed by atoms with Gasteiger partial charge in [-0.05, 0) is 13.8 Å². The Hall–Kier alpha value is 0.0900. The summed E-state index contributed by atoms with van der Waals surface area (Å²) < 4.78 is 0.00694. The minimum absolute atomic E-state index is 0.00694. The molecular formula is C6H10Br+. The molecule has 40 valence electrons. The quantitative estimate of drug-likeness (QED) is 0.410. The first-order valence-corrected chi connectivity index (χ1v) is 2.94. The predicted octanol–water partition coefficient (Wildman–Crippen LogP) is 2.55. The van der Waals surface area contributed by atoms with E-state index in [9.17, 15) is 0 Å². The van der Waals surface area contributed by atoms with Crippen molar-refractivity contribution in [3.63, 3.8) is 0 Å². The van der Waals surface area contributed by atoms with Crippen molar-refractivity contribution in [2.45, 2.75) is 18.2 Å². The number of hydrogen-bond acceptors (Lipinski definition) is 0. The van der Waals surface area contributed by atoms with Crippen LogP contribution in [0.15, 0.2) is 12.2 Å². The summed E-state index contributed by atoms with van der Waals surface area (Å²) >= 11 is 3.38. The van der Waals surface area contributed by atoms with Gasteiger partial charge in [-0.25, -0.2) is 0 Å². The number of rotatable bonds is 1. The Balaban J connectivity index is 3.79. The van der Waals surface area contributed by atoms with Crippen LogP contribution in [0.1, 0.15) is 13.8 Å². The van der Waals surface area contributed by atoms with Gasteiger partial charge in [-0.2, -0.15) is 0 Å². The van der Waals surface area contributed by atoms with Gasteiger partial charge in [0.1, 0.15) is 5.57 Å². The van der Waals surface area contributed by atoms with Crippen molar-refractivity contribution in [1.82, 2.24) is 0 Å². The van der Waals surface area contributed by atoms with E-state index in [1.54, 1.807) is 0 Å². The Morgan fingerprint density at radius 1 is 1.71 bits per heavy atom. The summed E-state index contributed by atoms with van der Waals surface area (Å²) in [6.45, 7) is 11.4.